The van der Waals surface area contributed by atoms with E-state index >= 15 is 0 Å². The Kier molecular flexibility index (Phi) is 5.23. The lowest BCUT2D eigenvalue weighted by molar-refractivity contribution is 0.0927. The lowest BCUT2D eigenvalue weighted by Crippen LogP contribution is -2.34. The molecule has 6 heteroatoms. The number of hydrogen-bond donors (Lipinski definition) is 3. The van der Waals surface area contributed by atoms with Crippen molar-refractivity contribution in [1.29, 1.82) is 0 Å². The molecule has 0 aliphatic carbocycles. The van der Waals surface area contributed by atoms with E-state index in [0.29, 0.717) is 30.9 Å². The van der Waals surface area contributed by atoms with Crippen molar-refractivity contribution >= 4 is 5.91 Å². The van der Waals surface area contributed by atoms with Crippen molar-refractivity contribution in [2.24, 2.45) is 5.92 Å². The number of rotatable bonds is 5. The van der Waals surface area contributed by atoms with E-state index < -0.39 is 6.10 Å². The van der Waals surface area contributed by atoms with Gasteiger partial charge in [0.15, 0.2) is 0 Å². The van der Waals surface area contributed by atoms with Crippen LogP contribution in [0.2, 0.25) is 0 Å². The molecule has 1 aliphatic heterocycles. The SMILES string of the molecule is Cc1ccccc1-c1nn(-c2ccccc2)cc1C(=O)NCC1CNCC1O. The zero-order chi connectivity index (χ0) is 19.5. The largest absolute Gasteiger partial charge is 0.391 e. The Morgan fingerprint density at radius 1 is 1.18 bits per heavy atom. The van der Waals surface area contributed by atoms with Gasteiger partial charge in [0.05, 0.1) is 17.4 Å². The fraction of sp³-hybridized carbons (Fsp3) is 0.273. The van der Waals surface area contributed by atoms with Gasteiger partial charge >= 0.3 is 0 Å². The predicted molar refractivity (Wildman–Crippen MR) is 108 cm³/mol. The van der Waals surface area contributed by atoms with Gasteiger partial charge in [-0.2, -0.15) is 5.10 Å². The third kappa shape index (κ3) is 3.69. The maximum Gasteiger partial charge on any atom is 0.255 e. The molecule has 2 aromatic carbocycles. The number of para-hydroxylation sites is 1. The molecule has 1 saturated heterocycles. The van der Waals surface area contributed by atoms with Crippen molar-refractivity contribution in [1.82, 2.24) is 20.4 Å². The van der Waals surface area contributed by atoms with Crippen LogP contribution in [0.4, 0.5) is 0 Å². The molecule has 4 rings (SSSR count). The quantitative estimate of drug-likeness (QED) is 0.638. The number of carbonyl (C=O) groups excluding carboxylic acids is 1. The Morgan fingerprint density at radius 2 is 1.93 bits per heavy atom. The molecule has 144 valence electrons. The summed E-state index contributed by atoms with van der Waals surface area (Å²) in [5, 5.41) is 20.8. The standard InChI is InChI=1S/C22H24N4O2/c1-15-7-5-6-10-18(15)21-19(14-26(25-21)17-8-3-2-4-9-17)22(28)24-12-16-11-23-13-20(16)27/h2-10,14,16,20,23,27H,11-13H2,1H3,(H,24,28). The number of β-amino-alcohol motifs (C(OH)–C–C–N with tert-alkyl or cyclic N) is 1. The Labute approximate surface area is 164 Å². The number of hydrogen-bond acceptors (Lipinski definition) is 4. The first-order valence-corrected chi connectivity index (χ1v) is 9.51. The highest BCUT2D eigenvalue weighted by atomic mass is 16.3. The summed E-state index contributed by atoms with van der Waals surface area (Å²) in [5.74, 6) is -0.158. The number of carbonyl (C=O) groups is 1. The second kappa shape index (κ2) is 7.96. The molecule has 6 nitrogen and oxygen atoms in total. The van der Waals surface area contributed by atoms with E-state index in [2.05, 4.69) is 10.6 Å². The van der Waals surface area contributed by atoms with Crippen molar-refractivity contribution in [2.75, 3.05) is 19.6 Å². The summed E-state index contributed by atoms with van der Waals surface area (Å²) in [6, 6.07) is 17.7. The number of aromatic nitrogens is 2. The molecule has 3 N–H and O–H groups in total. The summed E-state index contributed by atoms with van der Waals surface area (Å²) in [6.07, 6.45) is 1.35. The molecule has 1 fully saturated rings. The van der Waals surface area contributed by atoms with Crippen LogP contribution in [0.1, 0.15) is 15.9 Å². The van der Waals surface area contributed by atoms with Gasteiger partial charge in [0.1, 0.15) is 5.69 Å². The van der Waals surface area contributed by atoms with E-state index in [9.17, 15) is 9.90 Å². The first-order valence-electron chi connectivity index (χ1n) is 9.51. The van der Waals surface area contributed by atoms with Crippen molar-refractivity contribution in [3.63, 3.8) is 0 Å². The summed E-state index contributed by atoms with van der Waals surface area (Å²) in [4.78, 5) is 13.0. The maximum atomic E-state index is 13.0. The number of nitrogens with one attached hydrogen (secondary N) is 2. The third-order valence-corrected chi connectivity index (χ3v) is 5.21. The molecule has 0 spiro atoms. The highest BCUT2D eigenvalue weighted by Gasteiger charge is 2.26. The number of aliphatic hydroxyl groups is 1. The number of nitrogens with zero attached hydrogens (tertiary/aromatic N) is 2. The number of aryl methyl sites for hydroxylation is 1. The topological polar surface area (TPSA) is 79.2 Å². The van der Waals surface area contributed by atoms with Crippen LogP contribution in [0.15, 0.2) is 60.8 Å². The average Bonchev–Trinajstić information content (AvgIpc) is 3.34. The molecule has 0 saturated carbocycles. The van der Waals surface area contributed by atoms with Crippen LogP contribution in [-0.4, -0.2) is 46.5 Å². The minimum absolute atomic E-state index is 0.0232. The monoisotopic (exact) mass is 376 g/mol. The zero-order valence-corrected chi connectivity index (χ0v) is 15.8. The predicted octanol–water partition coefficient (Wildman–Crippen LogP) is 2.16. The molecule has 1 aliphatic rings. The van der Waals surface area contributed by atoms with Crippen LogP contribution in [-0.2, 0) is 0 Å². The lowest BCUT2D eigenvalue weighted by atomic mass is 10.0. The summed E-state index contributed by atoms with van der Waals surface area (Å²) < 4.78 is 1.74. The van der Waals surface area contributed by atoms with Crippen LogP contribution in [0.25, 0.3) is 16.9 Å². The van der Waals surface area contributed by atoms with E-state index in [1.807, 2.05) is 61.5 Å². The van der Waals surface area contributed by atoms with Gasteiger partial charge in [-0.15, -0.1) is 0 Å². The van der Waals surface area contributed by atoms with Crippen LogP contribution in [0, 0.1) is 12.8 Å². The normalized spacial score (nSPS) is 18.9. The molecule has 1 aromatic heterocycles. The molecule has 2 heterocycles. The summed E-state index contributed by atoms with van der Waals surface area (Å²) in [7, 11) is 0. The fourth-order valence-electron chi connectivity index (χ4n) is 3.54. The van der Waals surface area contributed by atoms with Gasteiger partial charge in [-0.3, -0.25) is 4.79 Å². The molecule has 0 bridgehead atoms. The summed E-state index contributed by atoms with van der Waals surface area (Å²) in [6.45, 7) is 3.71. The van der Waals surface area contributed by atoms with Gasteiger partial charge in [-0.25, -0.2) is 4.68 Å². The van der Waals surface area contributed by atoms with E-state index in [4.69, 9.17) is 5.10 Å². The van der Waals surface area contributed by atoms with Gasteiger partial charge in [0.2, 0.25) is 0 Å². The molecule has 0 radical (unpaired) electrons. The van der Waals surface area contributed by atoms with Crippen LogP contribution in [0.5, 0.6) is 0 Å². The van der Waals surface area contributed by atoms with Crippen molar-refractivity contribution in [3.8, 4) is 16.9 Å². The van der Waals surface area contributed by atoms with Gasteiger partial charge in [-0.05, 0) is 24.6 Å². The smallest absolute Gasteiger partial charge is 0.255 e. The Morgan fingerprint density at radius 3 is 2.64 bits per heavy atom. The van der Waals surface area contributed by atoms with Crippen LogP contribution in [0.3, 0.4) is 0 Å². The van der Waals surface area contributed by atoms with Gasteiger partial charge in [0.25, 0.3) is 5.91 Å². The van der Waals surface area contributed by atoms with Crippen LogP contribution < -0.4 is 10.6 Å². The minimum Gasteiger partial charge on any atom is -0.391 e. The summed E-state index contributed by atoms with van der Waals surface area (Å²) >= 11 is 0. The average molecular weight is 376 g/mol. The maximum absolute atomic E-state index is 13.0. The molecular weight excluding hydrogens is 352 g/mol. The molecular formula is C22H24N4O2. The van der Waals surface area contributed by atoms with Crippen molar-refractivity contribution < 1.29 is 9.90 Å². The Balaban J connectivity index is 1.67. The Bertz CT molecular complexity index is 968. The molecule has 2 unspecified atom stereocenters. The molecule has 3 aromatic rings. The first kappa shape index (κ1) is 18.4. The van der Waals surface area contributed by atoms with Gasteiger partial charge < -0.3 is 15.7 Å². The lowest BCUT2D eigenvalue weighted by Gasteiger charge is -2.14. The third-order valence-electron chi connectivity index (χ3n) is 5.21. The second-order valence-electron chi connectivity index (χ2n) is 7.18. The van der Waals surface area contributed by atoms with E-state index in [1.54, 1.807) is 10.9 Å². The first-order chi connectivity index (χ1) is 13.6. The molecule has 28 heavy (non-hydrogen) atoms. The minimum atomic E-state index is -0.428. The molecule has 1 amide bonds. The summed E-state index contributed by atoms with van der Waals surface area (Å²) in [5.41, 5.74) is 4.07. The van der Waals surface area contributed by atoms with E-state index in [-0.39, 0.29) is 11.8 Å². The molecule has 2 atom stereocenters. The van der Waals surface area contributed by atoms with Crippen molar-refractivity contribution in [2.45, 2.75) is 13.0 Å². The van der Waals surface area contributed by atoms with E-state index in [0.717, 1.165) is 16.8 Å². The number of amides is 1. The van der Waals surface area contributed by atoms with Gasteiger partial charge in [-0.1, -0.05) is 42.5 Å². The van der Waals surface area contributed by atoms with Crippen LogP contribution >= 0.6 is 0 Å². The number of benzene rings is 2. The highest BCUT2D eigenvalue weighted by molar-refractivity contribution is 6.00. The highest BCUT2D eigenvalue weighted by Crippen LogP contribution is 2.26. The Hall–Kier alpha value is -2.96. The van der Waals surface area contributed by atoms with Gasteiger partial charge in [0, 0.05) is 37.3 Å². The number of aliphatic hydroxyl groups excluding tert-OH is 1. The van der Waals surface area contributed by atoms with Crippen molar-refractivity contribution in [3.05, 3.63) is 71.9 Å². The fourth-order valence-corrected chi connectivity index (χ4v) is 3.54. The van der Waals surface area contributed by atoms with E-state index in [1.165, 1.54) is 0 Å². The second-order valence-corrected chi connectivity index (χ2v) is 7.18. The zero-order valence-electron chi connectivity index (χ0n) is 15.8.